The van der Waals surface area contributed by atoms with Crippen LogP contribution in [-0.2, 0) is 4.65 Å². The monoisotopic (exact) mass is 165 g/mol. The van der Waals surface area contributed by atoms with E-state index in [9.17, 15) is 0 Å². The Morgan fingerprint density at radius 3 is 2.92 bits per heavy atom. The second-order valence-corrected chi connectivity index (χ2v) is 2.05. The first-order chi connectivity index (χ1) is 5.79. The molecular formula is C7H8BNO3. The maximum atomic E-state index is 8.30. The number of nitrogens with zero attached hydrogens (tertiary/aromatic N) is 1. The summed E-state index contributed by atoms with van der Waals surface area (Å²) in [6.45, 7) is 0. The molecule has 0 saturated heterocycles. The van der Waals surface area contributed by atoms with Crippen molar-refractivity contribution in [2.24, 2.45) is 0 Å². The summed E-state index contributed by atoms with van der Waals surface area (Å²) in [4.78, 5) is 3.85. The molecule has 12 heavy (non-hydrogen) atoms. The van der Waals surface area contributed by atoms with Crippen LogP contribution in [0.3, 0.4) is 0 Å². The van der Waals surface area contributed by atoms with E-state index in [0.717, 1.165) is 5.56 Å². The van der Waals surface area contributed by atoms with Gasteiger partial charge in [0, 0.05) is 12.4 Å². The van der Waals surface area contributed by atoms with Crippen LogP contribution in [0.5, 0.6) is 0 Å². The third-order valence-electron chi connectivity index (χ3n) is 1.15. The molecule has 0 unspecified atom stereocenters. The topological polar surface area (TPSA) is 62.6 Å². The minimum absolute atomic E-state index is 0.832. The van der Waals surface area contributed by atoms with Gasteiger partial charge in [0.15, 0.2) is 0 Å². The van der Waals surface area contributed by atoms with Crippen molar-refractivity contribution in [3.05, 3.63) is 36.4 Å². The highest BCUT2D eigenvalue weighted by Crippen LogP contribution is 1.98. The minimum atomic E-state index is -1.77. The van der Waals surface area contributed by atoms with Crippen LogP contribution in [0.1, 0.15) is 5.56 Å². The number of hydrogen-bond acceptors (Lipinski definition) is 4. The Kier molecular flexibility index (Phi) is 3.31. The second-order valence-electron chi connectivity index (χ2n) is 2.05. The highest BCUT2D eigenvalue weighted by atomic mass is 16.6. The maximum absolute atomic E-state index is 8.30. The molecule has 1 heterocycles. The molecule has 0 aromatic carbocycles. The van der Waals surface area contributed by atoms with Crippen LogP contribution in [0.25, 0.3) is 6.08 Å². The van der Waals surface area contributed by atoms with E-state index in [1.165, 1.54) is 6.26 Å². The smallest absolute Gasteiger partial charge is 0.518 e. The van der Waals surface area contributed by atoms with Gasteiger partial charge in [0.1, 0.15) is 0 Å². The molecule has 1 rings (SSSR count). The molecule has 0 spiro atoms. The van der Waals surface area contributed by atoms with Gasteiger partial charge in [-0.25, -0.2) is 0 Å². The van der Waals surface area contributed by atoms with E-state index in [0.29, 0.717) is 0 Å². The summed E-state index contributed by atoms with van der Waals surface area (Å²) < 4.78 is 4.35. The first kappa shape index (κ1) is 8.77. The lowest BCUT2D eigenvalue weighted by molar-refractivity contribution is 0.258. The fourth-order valence-corrected chi connectivity index (χ4v) is 0.663. The van der Waals surface area contributed by atoms with Crippen molar-refractivity contribution in [3.63, 3.8) is 0 Å². The molecule has 0 atom stereocenters. The average molecular weight is 165 g/mol. The molecule has 5 heteroatoms. The molecule has 0 amide bonds. The Morgan fingerprint density at radius 2 is 2.33 bits per heavy atom. The Labute approximate surface area is 70.3 Å². The minimum Gasteiger partial charge on any atom is -0.518 e. The van der Waals surface area contributed by atoms with Crippen LogP contribution in [0.2, 0.25) is 0 Å². The molecule has 1 aromatic heterocycles. The largest absolute Gasteiger partial charge is 0.707 e. The third kappa shape index (κ3) is 3.18. The van der Waals surface area contributed by atoms with Gasteiger partial charge in [0.25, 0.3) is 0 Å². The predicted octanol–water partition coefficient (Wildman–Crippen LogP) is 0.0384. The molecule has 0 aliphatic carbocycles. The van der Waals surface area contributed by atoms with E-state index in [1.54, 1.807) is 24.5 Å². The standard InChI is InChI=1S/C7H8BNO3/c10-8(11)12-5-3-7-2-1-4-9-6-7/h1-6,10-11H. The van der Waals surface area contributed by atoms with Gasteiger partial charge in [-0.3, -0.25) is 4.98 Å². The predicted molar refractivity (Wildman–Crippen MR) is 44.5 cm³/mol. The van der Waals surface area contributed by atoms with Crippen molar-refractivity contribution in [1.82, 2.24) is 4.98 Å². The Morgan fingerprint density at radius 1 is 1.50 bits per heavy atom. The normalized spacial score (nSPS) is 10.2. The van der Waals surface area contributed by atoms with Crippen molar-refractivity contribution >= 4 is 13.4 Å². The van der Waals surface area contributed by atoms with Crippen LogP contribution < -0.4 is 0 Å². The molecular weight excluding hydrogens is 157 g/mol. The highest BCUT2D eigenvalue weighted by Gasteiger charge is 2.05. The molecule has 0 aliphatic heterocycles. The van der Waals surface area contributed by atoms with Gasteiger partial charge in [-0.2, -0.15) is 0 Å². The molecule has 0 saturated carbocycles. The summed E-state index contributed by atoms with van der Waals surface area (Å²) in [6, 6.07) is 3.59. The van der Waals surface area contributed by atoms with Crippen molar-refractivity contribution in [1.29, 1.82) is 0 Å². The molecule has 0 fully saturated rings. The lowest BCUT2D eigenvalue weighted by atomic mass is 10.2. The Bertz CT molecular complexity index is 250. The van der Waals surface area contributed by atoms with Crippen LogP contribution in [0.4, 0.5) is 0 Å². The van der Waals surface area contributed by atoms with Crippen molar-refractivity contribution in [2.75, 3.05) is 0 Å². The quantitative estimate of drug-likeness (QED) is 0.490. The Hall–Kier alpha value is -1.33. The van der Waals surface area contributed by atoms with Crippen LogP contribution in [0.15, 0.2) is 30.8 Å². The molecule has 0 radical (unpaired) electrons. The number of aromatic nitrogens is 1. The van der Waals surface area contributed by atoms with E-state index in [2.05, 4.69) is 9.64 Å². The lowest BCUT2D eigenvalue weighted by Gasteiger charge is -1.95. The van der Waals surface area contributed by atoms with Crippen molar-refractivity contribution in [3.8, 4) is 0 Å². The zero-order chi connectivity index (χ0) is 8.81. The summed E-state index contributed by atoms with van der Waals surface area (Å²) in [5.41, 5.74) is 0.832. The van der Waals surface area contributed by atoms with Crippen molar-refractivity contribution in [2.45, 2.75) is 0 Å². The molecule has 62 valence electrons. The fourth-order valence-electron chi connectivity index (χ4n) is 0.663. The van der Waals surface area contributed by atoms with Crippen LogP contribution >= 0.6 is 0 Å². The van der Waals surface area contributed by atoms with Gasteiger partial charge in [-0.05, 0) is 17.7 Å². The molecule has 0 aliphatic rings. The van der Waals surface area contributed by atoms with Crippen molar-refractivity contribution < 1.29 is 14.7 Å². The summed E-state index contributed by atoms with van der Waals surface area (Å²) in [5, 5.41) is 16.6. The van der Waals surface area contributed by atoms with Gasteiger partial charge < -0.3 is 14.7 Å². The summed E-state index contributed by atoms with van der Waals surface area (Å²) in [7, 11) is -1.77. The van der Waals surface area contributed by atoms with Gasteiger partial charge in [0.2, 0.25) is 0 Å². The number of rotatable bonds is 3. The Balaban J connectivity index is 2.47. The number of pyridine rings is 1. The van der Waals surface area contributed by atoms with Crippen LogP contribution in [-0.4, -0.2) is 22.4 Å². The first-order valence-corrected chi connectivity index (χ1v) is 3.37. The van der Waals surface area contributed by atoms with Crippen LogP contribution in [0, 0.1) is 0 Å². The van der Waals surface area contributed by atoms with E-state index in [-0.39, 0.29) is 0 Å². The average Bonchev–Trinajstić information content (AvgIpc) is 2.05. The van der Waals surface area contributed by atoms with Gasteiger partial charge in [-0.15, -0.1) is 0 Å². The lowest BCUT2D eigenvalue weighted by Crippen LogP contribution is -2.12. The SMILES string of the molecule is OB(O)OC=Cc1cccnc1. The van der Waals surface area contributed by atoms with Gasteiger partial charge in [-0.1, -0.05) is 6.07 Å². The zero-order valence-corrected chi connectivity index (χ0v) is 6.29. The third-order valence-corrected chi connectivity index (χ3v) is 1.15. The highest BCUT2D eigenvalue weighted by molar-refractivity contribution is 6.32. The van der Waals surface area contributed by atoms with Gasteiger partial charge in [0.05, 0.1) is 6.26 Å². The van der Waals surface area contributed by atoms with E-state index < -0.39 is 7.32 Å². The molecule has 4 nitrogen and oxygen atoms in total. The first-order valence-electron chi connectivity index (χ1n) is 3.37. The van der Waals surface area contributed by atoms with E-state index in [4.69, 9.17) is 10.0 Å². The zero-order valence-electron chi connectivity index (χ0n) is 6.29. The summed E-state index contributed by atoms with van der Waals surface area (Å²) in [5.74, 6) is 0. The second kappa shape index (κ2) is 4.53. The van der Waals surface area contributed by atoms with E-state index in [1.807, 2.05) is 6.07 Å². The maximum Gasteiger partial charge on any atom is 0.707 e. The fraction of sp³-hybridized carbons (Fsp3) is 0. The molecule has 2 N–H and O–H groups in total. The summed E-state index contributed by atoms with van der Waals surface area (Å²) in [6.07, 6.45) is 6.05. The van der Waals surface area contributed by atoms with Gasteiger partial charge >= 0.3 is 7.32 Å². The van der Waals surface area contributed by atoms with E-state index >= 15 is 0 Å². The molecule has 1 aromatic rings. The summed E-state index contributed by atoms with van der Waals surface area (Å²) >= 11 is 0. The number of hydrogen-bond donors (Lipinski definition) is 2. The molecule has 0 bridgehead atoms.